The minimum Gasteiger partial charge on any atom is -0.394 e. The van der Waals surface area contributed by atoms with Crippen LogP contribution in [0, 0.1) is 0 Å². The van der Waals surface area contributed by atoms with Crippen LogP contribution < -0.4 is 0 Å². The van der Waals surface area contributed by atoms with E-state index in [1.54, 1.807) is 6.92 Å². The number of hydrogen-bond acceptors (Lipinski definition) is 5. The molecule has 1 saturated heterocycles. The summed E-state index contributed by atoms with van der Waals surface area (Å²) in [6.07, 6.45) is 0.712. The molecule has 1 aliphatic heterocycles. The summed E-state index contributed by atoms with van der Waals surface area (Å²) in [5.41, 5.74) is 0. The van der Waals surface area contributed by atoms with Crippen LogP contribution in [-0.4, -0.2) is 50.6 Å². The molecule has 5 nitrogen and oxygen atoms in total. The van der Waals surface area contributed by atoms with E-state index < -0.39 is 21.7 Å². The Morgan fingerprint density at radius 2 is 2.23 bits per heavy atom. The van der Waals surface area contributed by atoms with Gasteiger partial charge in [0.05, 0.1) is 13.2 Å². The van der Waals surface area contributed by atoms with E-state index in [2.05, 4.69) is 0 Å². The number of sulfone groups is 1. The Balaban J connectivity index is 2.60. The summed E-state index contributed by atoms with van der Waals surface area (Å²) < 4.78 is 32.3. The first-order valence-electron chi connectivity index (χ1n) is 3.95. The second kappa shape index (κ2) is 3.53. The van der Waals surface area contributed by atoms with Crippen molar-refractivity contribution in [1.82, 2.24) is 0 Å². The van der Waals surface area contributed by atoms with Crippen molar-refractivity contribution in [2.75, 3.05) is 25.2 Å². The third kappa shape index (κ3) is 3.22. The molecule has 2 atom stereocenters. The maximum absolute atomic E-state index is 11.0. The van der Waals surface area contributed by atoms with Crippen LogP contribution in [0.2, 0.25) is 0 Å². The Morgan fingerprint density at radius 1 is 1.62 bits per heavy atom. The van der Waals surface area contributed by atoms with E-state index >= 15 is 0 Å². The zero-order valence-electron chi connectivity index (χ0n) is 7.69. The first-order chi connectivity index (χ1) is 5.85. The van der Waals surface area contributed by atoms with E-state index in [0.717, 1.165) is 6.26 Å². The van der Waals surface area contributed by atoms with Gasteiger partial charge in [0.25, 0.3) is 0 Å². The summed E-state index contributed by atoms with van der Waals surface area (Å²) in [7, 11) is -3.13. The van der Waals surface area contributed by atoms with E-state index in [-0.39, 0.29) is 19.0 Å². The van der Waals surface area contributed by atoms with Gasteiger partial charge < -0.3 is 14.6 Å². The van der Waals surface area contributed by atoms with Crippen molar-refractivity contribution in [2.24, 2.45) is 0 Å². The van der Waals surface area contributed by atoms with E-state index in [9.17, 15) is 8.42 Å². The van der Waals surface area contributed by atoms with Crippen LogP contribution in [0.5, 0.6) is 0 Å². The standard InChI is InChI=1S/C7H14O5S/c1-7(5-13(2,9)10)11-4-6(3-8)12-7/h6,8H,3-5H2,1-2H3/t6-,7-/m0/s1. The number of ether oxygens (including phenoxy) is 2. The van der Waals surface area contributed by atoms with Gasteiger partial charge >= 0.3 is 0 Å². The minimum atomic E-state index is -3.13. The van der Waals surface area contributed by atoms with Gasteiger partial charge in [0, 0.05) is 6.26 Å². The zero-order chi connectivity index (χ0) is 10.1. The topological polar surface area (TPSA) is 72.8 Å². The van der Waals surface area contributed by atoms with E-state index in [1.165, 1.54) is 0 Å². The molecular weight excluding hydrogens is 196 g/mol. The van der Waals surface area contributed by atoms with Crippen LogP contribution in [0.25, 0.3) is 0 Å². The van der Waals surface area contributed by atoms with Gasteiger partial charge in [0.2, 0.25) is 0 Å². The molecule has 0 unspecified atom stereocenters. The molecule has 0 aromatic heterocycles. The quantitative estimate of drug-likeness (QED) is 0.657. The van der Waals surface area contributed by atoms with Gasteiger partial charge in [-0.25, -0.2) is 8.42 Å². The number of rotatable bonds is 3. The Labute approximate surface area is 77.6 Å². The molecule has 1 fully saturated rings. The number of aliphatic hydroxyl groups excluding tert-OH is 1. The summed E-state index contributed by atoms with van der Waals surface area (Å²) in [6, 6.07) is 0. The zero-order valence-corrected chi connectivity index (χ0v) is 8.50. The third-order valence-electron chi connectivity index (χ3n) is 1.72. The van der Waals surface area contributed by atoms with Crippen LogP contribution in [0.3, 0.4) is 0 Å². The summed E-state index contributed by atoms with van der Waals surface area (Å²) >= 11 is 0. The lowest BCUT2D eigenvalue weighted by molar-refractivity contribution is -0.139. The van der Waals surface area contributed by atoms with E-state index in [4.69, 9.17) is 14.6 Å². The maximum Gasteiger partial charge on any atom is 0.180 e. The van der Waals surface area contributed by atoms with Crippen molar-refractivity contribution in [2.45, 2.75) is 18.8 Å². The van der Waals surface area contributed by atoms with Crippen molar-refractivity contribution in [3.05, 3.63) is 0 Å². The highest BCUT2D eigenvalue weighted by molar-refractivity contribution is 7.90. The highest BCUT2D eigenvalue weighted by Gasteiger charge is 2.39. The molecule has 13 heavy (non-hydrogen) atoms. The SMILES string of the molecule is C[C@]1(CS(C)(=O)=O)OC[C@H](CO)O1. The van der Waals surface area contributed by atoms with Crippen LogP contribution in [0.1, 0.15) is 6.92 Å². The molecule has 0 aliphatic carbocycles. The van der Waals surface area contributed by atoms with Gasteiger partial charge in [-0.05, 0) is 6.92 Å². The molecule has 1 rings (SSSR count). The van der Waals surface area contributed by atoms with Gasteiger partial charge in [0.15, 0.2) is 15.6 Å². The predicted octanol–water partition coefficient (Wildman–Crippen LogP) is -0.845. The molecule has 0 spiro atoms. The molecule has 0 aromatic carbocycles. The number of aliphatic hydroxyl groups is 1. The van der Waals surface area contributed by atoms with Crippen LogP contribution >= 0.6 is 0 Å². The fraction of sp³-hybridized carbons (Fsp3) is 1.00. The monoisotopic (exact) mass is 210 g/mol. The lowest BCUT2D eigenvalue weighted by atomic mass is 10.4. The fourth-order valence-electron chi connectivity index (χ4n) is 1.33. The van der Waals surface area contributed by atoms with Crippen LogP contribution in [0.4, 0.5) is 0 Å². The minimum absolute atomic E-state index is 0.153. The maximum atomic E-state index is 11.0. The molecule has 1 aliphatic rings. The molecule has 78 valence electrons. The van der Waals surface area contributed by atoms with Crippen molar-refractivity contribution in [1.29, 1.82) is 0 Å². The molecule has 0 aromatic rings. The second-order valence-corrected chi connectivity index (χ2v) is 5.58. The van der Waals surface area contributed by atoms with E-state index in [0.29, 0.717) is 0 Å². The van der Waals surface area contributed by atoms with Crippen LogP contribution in [0.15, 0.2) is 0 Å². The Kier molecular flexibility index (Phi) is 2.96. The summed E-state index contributed by atoms with van der Waals surface area (Å²) in [4.78, 5) is 0. The smallest absolute Gasteiger partial charge is 0.180 e. The molecule has 1 heterocycles. The van der Waals surface area contributed by atoms with Gasteiger partial charge in [0.1, 0.15) is 11.9 Å². The van der Waals surface area contributed by atoms with Crippen LogP contribution in [-0.2, 0) is 19.3 Å². The van der Waals surface area contributed by atoms with Crippen molar-refractivity contribution >= 4 is 9.84 Å². The normalized spacial score (nSPS) is 35.2. The first kappa shape index (κ1) is 10.9. The van der Waals surface area contributed by atoms with Gasteiger partial charge in [-0.3, -0.25) is 0 Å². The summed E-state index contributed by atoms with van der Waals surface area (Å²) in [5.74, 6) is -1.28. The first-order valence-corrected chi connectivity index (χ1v) is 6.01. The fourth-order valence-corrected chi connectivity index (χ4v) is 2.44. The highest BCUT2D eigenvalue weighted by atomic mass is 32.2. The van der Waals surface area contributed by atoms with Crippen molar-refractivity contribution < 1.29 is 23.0 Å². The predicted molar refractivity (Wildman–Crippen MR) is 46.0 cm³/mol. The molecule has 0 amide bonds. The Hall–Kier alpha value is -0.170. The summed E-state index contributed by atoms with van der Waals surface area (Å²) in [5, 5.41) is 8.74. The third-order valence-corrected chi connectivity index (χ3v) is 2.77. The molecular formula is C7H14O5S. The lowest BCUT2D eigenvalue weighted by Gasteiger charge is -2.21. The van der Waals surface area contributed by atoms with Crippen molar-refractivity contribution in [3.63, 3.8) is 0 Å². The second-order valence-electron chi connectivity index (χ2n) is 3.44. The molecule has 0 saturated carbocycles. The largest absolute Gasteiger partial charge is 0.394 e. The summed E-state index contributed by atoms with van der Waals surface area (Å²) in [6.45, 7) is 1.64. The average molecular weight is 210 g/mol. The lowest BCUT2D eigenvalue weighted by Crippen LogP contribution is -2.35. The average Bonchev–Trinajstić information content (AvgIpc) is 2.27. The van der Waals surface area contributed by atoms with E-state index in [1.807, 2.05) is 0 Å². The van der Waals surface area contributed by atoms with Crippen molar-refractivity contribution in [3.8, 4) is 0 Å². The van der Waals surface area contributed by atoms with Gasteiger partial charge in [-0.1, -0.05) is 0 Å². The molecule has 6 heteroatoms. The highest BCUT2D eigenvalue weighted by Crippen LogP contribution is 2.24. The molecule has 1 N–H and O–H groups in total. The molecule has 0 bridgehead atoms. The Morgan fingerprint density at radius 3 is 2.62 bits per heavy atom. The number of hydrogen-bond donors (Lipinski definition) is 1. The Bertz CT molecular complexity index is 273. The van der Waals surface area contributed by atoms with Gasteiger partial charge in [-0.2, -0.15) is 0 Å². The molecule has 0 radical (unpaired) electrons. The van der Waals surface area contributed by atoms with Gasteiger partial charge in [-0.15, -0.1) is 0 Å².